The van der Waals surface area contributed by atoms with E-state index in [1.807, 2.05) is 0 Å². The van der Waals surface area contributed by atoms with Crippen molar-refractivity contribution in [1.82, 2.24) is 0 Å². The van der Waals surface area contributed by atoms with Gasteiger partial charge in [0.25, 0.3) is 0 Å². The third-order valence-electron chi connectivity index (χ3n) is 4.67. The molecule has 0 heteroatoms. The molecular weight excluding hydrogens is 252 g/mol. The number of rotatable bonds is 5. The molecule has 0 fully saturated rings. The zero-order valence-electron chi connectivity index (χ0n) is 14.1. The molecule has 0 bridgehead atoms. The van der Waals surface area contributed by atoms with Crippen LogP contribution in [0.5, 0.6) is 0 Å². The van der Waals surface area contributed by atoms with Crippen LogP contribution in [0.4, 0.5) is 0 Å². The molecule has 0 heterocycles. The van der Waals surface area contributed by atoms with Crippen LogP contribution in [-0.4, -0.2) is 0 Å². The van der Waals surface area contributed by atoms with Crippen LogP contribution in [0.3, 0.4) is 0 Å². The average Bonchev–Trinajstić information content (AvgIpc) is 2.48. The van der Waals surface area contributed by atoms with Gasteiger partial charge in [-0.3, -0.25) is 0 Å². The molecule has 0 saturated carbocycles. The molecule has 0 spiro atoms. The first-order chi connectivity index (χ1) is 9.94. The van der Waals surface area contributed by atoms with Gasteiger partial charge in [-0.15, -0.1) is 0 Å². The van der Waals surface area contributed by atoms with Crippen molar-refractivity contribution in [2.24, 2.45) is 0 Å². The van der Waals surface area contributed by atoms with Gasteiger partial charge in [0, 0.05) is 0 Å². The van der Waals surface area contributed by atoms with E-state index >= 15 is 0 Å². The maximum atomic E-state index is 2.44. The summed E-state index contributed by atoms with van der Waals surface area (Å²) in [5, 5.41) is 0. The zero-order valence-corrected chi connectivity index (χ0v) is 14.1. The molecule has 0 nitrogen and oxygen atoms in total. The average molecular weight is 280 g/mol. The molecule has 0 aromatic heterocycles. The maximum Gasteiger partial charge on any atom is -0.00229 e. The third kappa shape index (κ3) is 3.75. The van der Waals surface area contributed by atoms with Crippen LogP contribution in [0.1, 0.15) is 69.2 Å². The first-order valence-corrected chi connectivity index (χ1v) is 8.11. The van der Waals surface area contributed by atoms with Crippen molar-refractivity contribution in [3.63, 3.8) is 0 Å². The van der Waals surface area contributed by atoms with Gasteiger partial charge in [0.2, 0.25) is 0 Å². The van der Waals surface area contributed by atoms with Gasteiger partial charge in [-0.2, -0.15) is 0 Å². The molecule has 0 saturated heterocycles. The van der Waals surface area contributed by atoms with E-state index in [9.17, 15) is 0 Å². The molecule has 0 unspecified atom stereocenters. The molecule has 2 rings (SSSR count). The highest BCUT2D eigenvalue weighted by Gasteiger charge is 2.20. The number of hydrogen-bond acceptors (Lipinski definition) is 0. The molecule has 0 radical (unpaired) electrons. The summed E-state index contributed by atoms with van der Waals surface area (Å²) in [5.41, 5.74) is 6.08. The Kier molecular flexibility index (Phi) is 4.88. The highest BCUT2D eigenvalue weighted by molar-refractivity contribution is 5.40. The summed E-state index contributed by atoms with van der Waals surface area (Å²) < 4.78 is 0. The van der Waals surface area contributed by atoms with Gasteiger partial charge < -0.3 is 0 Å². The van der Waals surface area contributed by atoms with Crippen LogP contribution in [0, 0.1) is 0 Å². The van der Waals surface area contributed by atoms with E-state index in [1.165, 1.54) is 28.7 Å². The fourth-order valence-corrected chi connectivity index (χ4v) is 2.73. The summed E-state index contributed by atoms with van der Waals surface area (Å²) in [6.07, 6.45) is 2.20. The molecule has 0 aliphatic heterocycles. The van der Waals surface area contributed by atoms with Gasteiger partial charge in [-0.05, 0) is 46.4 Å². The summed E-state index contributed by atoms with van der Waals surface area (Å²) in [6.45, 7) is 11.5. The van der Waals surface area contributed by atoms with E-state index in [0.29, 0.717) is 5.92 Å². The Bertz CT molecular complexity index is 576. The lowest BCUT2D eigenvalue weighted by atomic mass is 9.79. The Morgan fingerprint density at radius 1 is 0.952 bits per heavy atom. The monoisotopic (exact) mass is 280 g/mol. The SMILES string of the molecule is CCC(C)(C)c1ccc(Cc2ccccc2)c(C(C)C)c1. The molecule has 0 atom stereocenters. The predicted octanol–water partition coefficient (Wildman–Crippen LogP) is 6.09. The molecule has 112 valence electrons. The Morgan fingerprint density at radius 2 is 1.62 bits per heavy atom. The molecule has 2 aromatic rings. The van der Waals surface area contributed by atoms with Crippen LogP contribution >= 0.6 is 0 Å². The van der Waals surface area contributed by atoms with Crippen molar-refractivity contribution in [2.75, 3.05) is 0 Å². The van der Waals surface area contributed by atoms with Gasteiger partial charge in [0.15, 0.2) is 0 Å². The largest absolute Gasteiger partial charge is 0.0646 e. The van der Waals surface area contributed by atoms with Crippen LogP contribution in [0.15, 0.2) is 48.5 Å². The van der Waals surface area contributed by atoms with E-state index in [4.69, 9.17) is 0 Å². The first kappa shape index (κ1) is 15.8. The number of benzene rings is 2. The Balaban J connectivity index is 2.38. The summed E-state index contributed by atoms with van der Waals surface area (Å²) in [7, 11) is 0. The smallest absolute Gasteiger partial charge is 0.00229 e. The van der Waals surface area contributed by atoms with Gasteiger partial charge >= 0.3 is 0 Å². The van der Waals surface area contributed by atoms with E-state index in [1.54, 1.807) is 0 Å². The predicted molar refractivity (Wildman–Crippen MR) is 93.1 cm³/mol. The molecule has 21 heavy (non-hydrogen) atoms. The maximum absolute atomic E-state index is 2.44. The lowest BCUT2D eigenvalue weighted by Crippen LogP contribution is -2.16. The van der Waals surface area contributed by atoms with Crippen molar-refractivity contribution in [3.8, 4) is 0 Å². The first-order valence-electron chi connectivity index (χ1n) is 8.11. The van der Waals surface area contributed by atoms with Crippen LogP contribution in [-0.2, 0) is 11.8 Å². The van der Waals surface area contributed by atoms with E-state index < -0.39 is 0 Å². The second-order valence-corrected chi connectivity index (χ2v) is 6.97. The van der Waals surface area contributed by atoms with Crippen molar-refractivity contribution in [1.29, 1.82) is 0 Å². The van der Waals surface area contributed by atoms with Crippen LogP contribution in [0.2, 0.25) is 0 Å². The van der Waals surface area contributed by atoms with Crippen LogP contribution < -0.4 is 0 Å². The van der Waals surface area contributed by atoms with Crippen molar-refractivity contribution in [2.45, 2.75) is 58.8 Å². The van der Waals surface area contributed by atoms with Crippen LogP contribution in [0.25, 0.3) is 0 Å². The quantitative estimate of drug-likeness (QED) is 0.622. The highest BCUT2D eigenvalue weighted by Crippen LogP contribution is 2.31. The fraction of sp³-hybridized carbons (Fsp3) is 0.429. The van der Waals surface area contributed by atoms with Gasteiger partial charge in [0.05, 0.1) is 0 Å². The minimum Gasteiger partial charge on any atom is -0.0646 e. The van der Waals surface area contributed by atoms with Gasteiger partial charge in [-0.25, -0.2) is 0 Å². The lowest BCUT2D eigenvalue weighted by Gasteiger charge is -2.26. The summed E-state index contributed by atoms with van der Waals surface area (Å²) >= 11 is 0. The molecule has 0 aliphatic rings. The van der Waals surface area contributed by atoms with E-state index in [-0.39, 0.29) is 5.41 Å². The number of hydrogen-bond donors (Lipinski definition) is 0. The van der Waals surface area contributed by atoms with Gasteiger partial charge in [-0.1, -0.05) is 83.1 Å². The lowest BCUT2D eigenvalue weighted by molar-refractivity contribution is 0.505. The Hall–Kier alpha value is -1.56. The second kappa shape index (κ2) is 6.47. The van der Waals surface area contributed by atoms with E-state index in [2.05, 4.69) is 83.1 Å². The van der Waals surface area contributed by atoms with Crippen molar-refractivity contribution in [3.05, 3.63) is 70.8 Å². The highest BCUT2D eigenvalue weighted by atomic mass is 14.2. The minimum atomic E-state index is 0.259. The third-order valence-corrected chi connectivity index (χ3v) is 4.67. The summed E-state index contributed by atoms with van der Waals surface area (Å²) in [6, 6.07) is 17.9. The molecule has 0 N–H and O–H groups in total. The minimum absolute atomic E-state index is 0.259. The van der Waals surface area contributed by atoms with Crippen molar-refractivity contribution < 1.29 is 0 Å². The fourth-order valence-electron chi connectivity index (χ4n) is 2.73. The molecular formula is C21H28. The molecule has 0 aliphatic carbocycles. The van der Waals surface area contributed by atoms with Crippen molar-refractivity contribution >= 4 is 0 Å². The standard InChI is InChI=1S/C21H28/c1-6-21(4,5)19-13-12-18(20(15-19)16(2)3)14-17-10-8-7-9-11-17/h7-13,15-16H,6,14H2,1-5H3. The Labute approximate surface area is 130 Å². The van der Waals surface area contributed by atoms with Gasteiger partial charge in [0.1, 0.15) is 0 Å². The zero-order chi connectivity index (χ0) is 15.5. The molecule has 0 amide bonds. The van der Waals surface area contributed by atoms with E-state index in [0.717, 1.165) is 6.42 Å². The normalized spacial score (nSPS) is 11.9. The Morgan fingerprint density at radius 3 is 2.19 bits per heavy atom. The summed E-state index contributed by atoms with van der Waals surface area (Å²) in [4.78, 5) is 0. The summed E-state index contributed by atoms with van der Waals surface area (Å²) in [5.74, 6) is 0.566. The molecule has 2 aromatic carbocycles. The topological polar surface area (TPSA) is 0 Å². The second-order valence-electron chi connectivity index (χ2n) is 6.97.